The third kappa shape index (κ3) is 4.64. The molecule has 0 aromatic rings. The molecule has 1 nitrogen and oxygen atoms in total. The van der Waals surface area contributed by atoms with E-state index in [0.29, 0.717) is 5.92 Å². The van der Waals surface area contributed by atoms with E-state index < -0.39 is 0 Å². The number of allylic oxidation sites excluding steroid dienone is 6. The van der Waals surface area contributed by atoms with Gasteiger partial charge in [0.25, 0.3) is 0 Å². The monoisotopic (exact) mass is 246 g/mol. The Labute approximate surface area is 112 Å². The number of hydrogen-bond donors (Lipinski definition) is 0. The molecule has 0 aromatic carbocycles. The maximum absolute atomic E-state index is 11.1. The number of unbranched alkanes of at least 4 members (excludes halogenated alkanes) is 1. The standard InChI is InChI=1S/C17H26O/c1-13(16(4)18)9-6-5-7-12-17-14(2)10-8-11-15(17)3/h6,8-10,13,15H,5,7,11-12H2,1-4H3/b9-6-/t13?,15-/m1/s1. The molecule has 0 saturated heterocycles. The molecule has 0 heterocycles. The number of carbonyl (C=O) groups is 1. The van der Waals surface area contributed by atoms with Crippen molar-refractivity contribution in [1.29, 1.82) is 0 Å². The molecule has 0 aromatic heterocycles. The molecule has 1 unspecified atom stereocenters. The van der Waals surface area contributed by atoms with Gasteiger partial charge in [-0.15, -0.1) is 0 Å². The molecule has 1 heteroatoms. The predicted octanol–water partition coefficient (Wildman–Crippen LogP) is 4.85. The van der Waals surface area contributed by atoms with E-state index in [1.165, 1.54) is 24.8 Å². The van der Waals surface area contributed by atoms with Crippen LogP contribution in [0.2, 0.25) is 0 Å². The molecular weight excluding hydrogens is 220 g/mol. The number of Topliss-reactive ketones (excluding diaryl/α,β-unsaturated/α-hetero) is 1. The minimum atomic E-state index is 0.0717. The smallest absolute Gasteiger partial charge is 0.136 e. The van der Waals surface area contributed by atoms with Gasteiger partial charge in [0.1, 0.15) is 5.78 Å². The first-order valence-electron chi connectivity index (χ1n) is 7.05. The summed E-state index contributed by atoms with van der Waals surface area (Å²) >= 11 is 0. The Morgan fingerprint density at radius 3 is 2.89 bits per heavy atom. The summed E-state index contributed by atoms with van der Waals surface area (Å²) in [6.07, 6.45) is 13.4. The molecule has 100 valence electrons. The molecule has 0 saturated carbocycles. The Morgan fingerprint density at radius 1 is 1.56 bits per heavy atom. The molecule has 0 fully saturated rings. The van der Waals surface area contributed by atoms with Crippen LogP contribution in [0.3, 0.4) is 0 Å². The van der Waals surface area contributed by atoms with Crippen molar-refractivity contribution in [3.63, 3.8) is 0 Å². The van der Waals surface area contributed by atoms with Crippen LogP contribution in [-0.4, -0.2) is 5.78 Å². The van der Waals surface area contributed by atoms with E-state index in [4.69, 9.17) is 0 Å². The molecule has 1 rings (SSSR count). The summed E-state index contributed by atoms with van der Waals surface area (Å²) in [6, 6.07) is 0. The summed E-state index contributed by atoms with van der Waals surface area (Å²) in [5.41, 5.74) is 3.07. The molecule has 0 radical (unpaired) electrons. The summed E-state index contributed by atoms with van der Waals surface area (Å²) in [7, 11) is 0. The lowest BCUT2D eigenvalue weighted by Gasteiger charge is -2.20. The van der Waals surface area contributed by atoms with Crippen molar-refractivity contribution in [2.24, 2.45) is 11.8 Å². The second-order valence-corrected chi connectivity index (χ2v) is 5.47. The second kappa shape index (κ2) is 7.35. The Balaban J connectivity index is 2.34. The fraction of sp³-hybridized carbons (Fsp3) is 0.588. The van der Waals surface area contributed by atoms with Crippen LogP contribution in [0.1, 0.15) is 53.4 Å². The van der Waals surface area contributed by atoms with Crippen LogP contribution in [0.25, 0.3) is 0 Å². The van der Waals surface area contributed by atoms with Crippen LogP contribution in [0.4, 0.5) is 0 Å². The molecule has 0 spiro atoms. The fourth-order valence-electron chi connectivity index (χ4n) is 2.38. The largest absolute Gasteiger partial charge is 0.299 e. The lowest BCUT2D eigenvalue weighted by molar-refractivity contribution is -0.118. The molecule has 2 atom stereocenters. The van der Waals surface area contributed by atoms with Crippen molar-refractivity contribution < 1.29 is 4.79 Å². The van der Waals surface area contributed by atoms with Gasteiger partial charge in [0.15, 0.2) is 0 Å². The van der Waals surface area contributed by atoms with Gasteiger partial charge in [-0.3, -0.25) is 4.79 Å². The molecule has 0 N–H and O–H groups in total. The van der Waals surface area contributed by atoms with Gasteiger partial charge in [0.2, 0.25) is 0 Å². The summed E-state index contributed by atoms with van der Waals surface area (Å²) in [5.74, 6) is 1.02. The van der Waals surface area contributed by atoms with Crippen LogP contribution in [-0.2, 0) is 4.79 Å². The van der Waals surface area contributed by atoms with Crippen molar-refractivity contribution in [3.05, 3.63) is 35.5 Å². The lowest BCUT2D eigenvalue weighted by Crippen LogP contribution is -2.04. The van der Waals surface area contributed by atoms with Crippen LogP contribution in [0.5, 0.6) is 0 Å². The molecule has 0 bridgehead atoms. The highest BCUT2D eigenvalue weighted by Gasteiger charge is 2.12. The maximum Gasteiger partial charge on any atom is 0.136 e. The Hall–Kier alpha value is -1.11. The Bertz CT molecular complexity index is 371. The third-order valence-electron chi connectivity index (χ3n) is 3.84. The van der Waals surface area contributed by atoms with Gasteiger partial charge in [0, 0.05) is 5.92 Å². The quantitative estimate of drug-likeness (QED) is 0.483. The fourth-order valence-corrected chi connectivity index (χ4v) is 2.38. The van der Waals surface area contributed by atoms with Crippen molar-refractivity contribution in [3.8, 4) is 0 Å². The van der Waals surface area contributed by atoms with Crippen molar-refractivity contribution in [1.82, 2.24) is 0 Å². The Kier molecular flexibility index (Phi) is 6.11. The SMILES string of the molecule is CC(=O)C(C)/C=C\CCCC1=C(C)C=CC[C@H]1C. The number of hydrogen-bond acceptors (Lipinski definition) is 1. The van der Waals surface area contributed by atoms with E-state index in [2.05, 4.69) is 32.1 Å². The molecule has 0 aliphatic heterocycles. The van der Waals surface area contributed by atoms with E-state index in [1.54, 1.807) is 12.5 Å². The summed E-state index contributed by atoms with van der Waals surface area (Å²) in [4.78, 5) is 11.1. The molecule has 1 aliphatic rings. The zero-order chi connectivity index (χ0) is 13.5. The van der Waals surface area contributed by atoms with Gasteiger partial charge >= 0.3 is 0 Å². The molecule has 1 aliphatic carbocycles. The van der Waals surface area contributed by atoms with Crippen molar-refractivity contribution in [2.75, 3.05) is 0 Å². The zero-order valence-corrected chi connectivity index (χ0v) is 12.2. The van der Waals surface area contributed by atoms with E-state index in [0.717, 1.165) is 6.42 Å². The van der Waals surface area contributed by atoms with Crippen molar-refractivity contribution in [2.45, 2.75) is 53.4 Å². The normalized spacial score (nSPS) is 21.7. The first kappa shape index (κ1) is 14.9. The van der Waals surface area contributed by atoms with Crippen molar-refractivity contribution >= 4 is 5.78 Å². The van der Waals surface area contributed by atoms with Gasteiger partial charge in [-0.05, 0) is 45.4 Å². The predicted molar refractivity (Wildman–Crippen MR) is 78.5 cm³/mol. The van der Waals surface area contributed by atoms with Gasteiger partial charge in [0.05, 0.1) is 0 Å². The zero-order valence-electron chi connectivity index (χ0n) is 12.2. The average molecular weight is 246 g/mol. The summed E-state index contributed by atoms with van der Waals surface area (Å²) in [6.45, 7) is 8.14. The van der Waals surface area contributed by atoms with E-state index >= 15 is 0 Å². The topological polar surface area (TPSA) is 17.1 Å². The first-order chi connectivity index (χ1) is 8.52. The van der Waals surface area contributed by atoms with Gasteiger partial charge in [-0.1, -0.05) is 49.3 Å². The molecule has 0 amide bonds. The van der Waals surface area contributed by atoms with E-state index in [1.807, 2.05) is 13.0 Å². The average Bonchev–Trinajstić information content (AvgIpc) is 2.31. The van der Waals surface area contributed by atoms with Gasteiger partial charge < -0.3 is 0 Å². The lowest BCUT2D eigenvalue weighted by atomic mass is 9.86. The third-order valence-corrected chi connectivity index (χ3v) is 3.84. The number of rotatable bonds is 6. The minimum absolute atomic E-state index is 0.0717. The summed E-state index contributed by atoms with van der Waals surface area (Å²) < 4.78 is 0. The highest BCUT2D eigenvalue weighted by molar-refractivity contribution is 5.79. The number of carbonyl (C=O) groups excluding carboxylic acids is 1. The first-order valence-corrected chi connectivity index (χ1v) is 7.05. The van der Waals surface area contributed by atoms with Crippen LogP contribution >= 0.6 is 0 Å². The van der Waals surface area contributed by atoms with E-state index in [-0.39, 0.29) is 11.7 Å². The maximum atomic E-state index is 11.1. The highest BCUT2D eigenvalue weighted by Crippen LogP contribution is 2.28. The van der Waals surface area contributed by atoms with Gasteiger partial charge in [-0.25, -0.2) is 0 Å². The second-order valence-electron chi connectivity index (χ2n) is 5.47. The summed E-state index contributed by atoms with van der Waals surface area (Å²) in [5, 5.41) is 0. The molecule has 18 heavy (non-hydrogen) atoms. The minimum Gasteiger partial charge on any atom is -0.299 e. The van der Waals surface area contributed by atoms with Crippen LogP contribution in [0.15, 0.2) is 35.5 Å². The van der Waals surface area contributed by atoms with Crippen LogP contribution in [0, 0.1) is 11.8 Å². The van der Waals surface area contributed by atoms with E-state index in [9.17, 15) is 4.79 Å². The Morgan fingerprint density at radius 2 is 2.28 bits per heavy atom. The highest BCUT2D eigenvalue weighted by atomic mass is 16.1. The van der Waals surface area contributed by atoms with Gasteiger partial charge in [-0.2, -0.15) is 0 Å². The molecular formula is C17H26O. The van der Waals surface area contributed by atoms with Crippen LogP contribution < -0.4 is 0 Å². The number of ketones is 1.